The molecule has 1 aliphatic rings. The quantitative estimate of drug-likeness (QED) is 0.410. The lowest BCUT2D eigenvalue weighted by Gasteiger charge is -1.96. The van der Waals surface area contributed by atoms with Gasteiger partial charge in [-0.2, -0.15) is 0 Å². The molecule has 0 aliphatic carbocycles. The van der Waals surface area contributed by atoms with Crippen LogP contribution in [0.5, 0.6) is 0 Å². The summed E-state index contributed by atoms with van der Waals surface area (Å²) in [6.07, 6.45) is 4.41. The van der Waals surface area contributed by atoms with Crippen molar-refractivity contribution in [1.29, 1.82) is 0 Å². The third-order valence-corrected chi connectivity index (χ3v) is 3.55. The molecule has 0 N–H and O–H groups in total. The van der Waals surface area contributed by atoms with E-state index < -0.39 is 0 Å². The van der Waals surface area contributed by atoms with E-state index in [0.717, 1.165) is 0 Å². The second-order valence-corrected chi connectivity index (χ2v) is 4.33. The number of hydrogen-bond acceptors (Lipinski definition) is 0. The van der Waals surface area contributed by atoms with Gasteiger partial charge < -0.3 is 0 Å². The average Bonchev–Trinajstić information content (AvgIpc) is 1.72. The van der Waals surface area contributed by atoms with E-state index >= 15 is 0 Å². The SMILES string of the molecule is C1=ICCCC1. The predicted octanol–water partition coefficient (Wildman–Crippen LogP) is 1.94. The third-order valence-electron chi connectivity index (χ3n) is 0.915. The van der Waals surface area contributed by atoms with Gasteiger partial charge in [-0.05, 0) is 23.7 Å². The Labute approximate surface area is 48.7 Å². The summed E-state index contributed by atoms with van der Waals surface area (Å²) < 4.78 is 4.06. The van der Waals surface area contributed by atoms with Crippen molar-refractivity contribution < 1.29 is 0 Å². The van der Waals surface area contributed by atoms with Crippen LogP contribution in [0, 0.1) is 0 Å². The Morgan fingerprint density at radius 3 is 2.50 bits per heavy atom. The van der Waals surface area contributed by atoms with Gasteiger partial charge in [0.05, 0.1) is 0 Å². The highest BCUT2D eigenvalue weighted by molar-refractivity contribution is 14.2. The Morgan fingerprint density at radius 1 is 1.33 bits per heavy atom. The maximum absolute atomic E-state index is 2.50. The van der Waals surface area contributed by atoms with Gasteiger partial charge in [0.15, 0.2) is 0 Å². The van der Waals surface area contributed by atoms with Gasteiger partial charge in [0.1, 0.15) is 0 Å². The molecule has 0 aromatic rings. The van der Waals surface area contributed by atoms with E-state index in [4.69, 9.17) is 0 Å². The molecule has 0 unspecified atom stereocenters. The number of alkyl halides is 1. The molecular weight excluding hydrogens is 187 g/mol. The van der Waals surface area contributed by atoms with Crippen molar-refractivity contribution >= 4 is 24.7 Å². The lowest BCUT2D eigenvalue weighted by atomic mass is 10.3. The highest BCUT2D eigenvalue weighted by Crippen LogP contribution is 2.09. The summed E-state index contributed by atoms with van der Waals surface area (Å²) in [5, 5.41) is 0. The molecule has 0 saturated heterocycles. The van der Waals surface area contributed by atoms with E-state index in [9.17, 15) is 0 Å². The second kappa shape index (κ2) is 2.72. The maximum Gasteiger partial charge on any atom is -0.00551 e. The highest BCUT2D eigenvalue weighted by Gasteiger charge is 1.87. The van der Waals surface area contributed by atoms with Crippen LogP contribution in [-0.2, 0) is 0 Å². The molecule has 1 aliphatic heterocycles. The Hall–Kier alpha value is 0.600. The predicted molar refractivity (Wildman–Crippen MR) is 38.8 cm³/mol. The molecule has 0 aromatic heterocycles. The van der Waals surface area contributed by atoms with Crippen LogP contribution >= 0.6 is 20.7 Å². The topological polar surface area (TPSA) is 0 Å². The molecule has 1 rings (SSSR count). The molecule has 0 fully saturated rings. The normalized spacial score (nSPS) is 22.7. The monoisotopic (exact) mass is 196 g/mol. The molecule has 0 amide bonds. The minimum Gasteiger partial charge on any atom is -0.127 e. The summed E-state index contributed by atoms with van der Waals surface area (Å²) in [4.78, 5) is 0. The van der Waals surface area contributed by atoms with E-state index in [1.807, 2.05) is 0 Å². The standard InChI is InChI=1S/C5H9I/c1-2-4-6-5-3-1/h4H,1-3,5H2. The molecule has 0 spiro atoms. The van der Waals surface area contributed by atoms with Gasteiger partial charge in [0, 0.05) is 0 Å². The van der Waals surface area contributed by atoms with E-state index in [1.54, 1.807) is 4.43 Å². The first-order chi connectivity index (χ1) is 3.00. The Bertz CT molecular complexity index is 49.0. The smallest absolute Gasteiger partial charge is 0.00551 e. The van der Waals surface area contributed by atoms with Crippen molar-refractivity contribution in [3.63, 3.8) is 0 Å². The molecule has 6 heavy (non-hydrogen) atoms. The van der Waals surface area contributed by atoms with E-state index in [1.165, 1.54) is 19.3 Å². The molecule has 0 aromatic carbocycles. The average molecular weight is 196 g/mol. The zero-order valence-corrected chi connectivity index (χ0v) is 5.94. The molecule has 1 heteroatoms. The Kier molecular flexibility index (Phi) is 2.15. The third kappa shape index (κ3) is 1.37. The molecule has 0 nitrogen and oxygen atoms in total. The van der Waals surface area contributed by atoms with Crippen molar-refractivity contribution in [1.82, 2.24) is 0 Å². The Morgan fingerprint density at radius 2 is 2.33 bits per heavy atom. The van der Waals surface area contributed by atoms with E-state index in [2.05, 4.69) is 4.01 Å². The zero-order chi connectivity index (χ0) is 4.24. The lowest BCUT2D eigenvalue weighted by Crippen LogP contribution is -1.83. The number of halogens is 1. The summed E-state index contributed by atoms with van der Waals surface area (Å²) in [5.41, 5.74) is 0. The van der Waals surface area contributed by atoms with Crippen molar-refractivity contribution in [3.05, 3.63) is 0 Å². The van der Waals surface area contributed by atoms with Crippen LogP contribution in [0.2, 0.25) is 0 Å². The maximum atomic E-state index is 2.50. The van der Waals surface area contributed by atoms with E-state index in [0.29, 0.717) is 20.7 Å². The van der Waals surface area contributed by atoms with Crippen LogP contribution in [0.15, 0.2) is 0 Å². The minimum absolute atomic E-state index is 0.590. The summed E-state index contributed by atoms with van der Waals surface area (Å²) in [5.74, 6) is 0. The molecule has 1 heterocycles. The molecular formula is C5H9I. The summed E-state index contributed by atoms with van der Waals surface area (Å²) in [6, 6.07) is 0. The summed E-state index contributed by atoms with van der Waals surface area (Å²) >= 11 is 0.590. The zero-order valence-electron chi connectivity index (χ0n) is 3.78. The molecule has 0 saturated carbocycles. The van der Waals surface area contributed by atoms with Gasteiger partial charge in [0.2, 0.25) is 0 Å². The molecule has 0 atom stereocenters. The van der Waals surface area contributed by atoms with Crippen LogP contribution < -0.4 is 0 Å². The number of hydrogen-bond donors (Lipinski definition) is 0. The fourth-order valence-corrected chi connectivity index (χ4v) is 2.85. The van der Waals surface area contributed by atoms with Gasteiger partial charge in [-0.3, -0.25) is 0 Å². The fourth-order valence-electron chi connectivity index (χ4n) is 0.547. The fraction of sp³-hybridized carbons (Fsp3) is 0.800. The van der Waals surface area contributed by atoms with Gasteiger partial charge in [-0.1, -0.05) is 4.01 Å². The first-order valence-electron chi connectivity index (χ1n) is 2.39. The Balaban J connectivity index is 2.26. The van der Waals surface area contributed by atoms with Gasteiger partial charge >= 0.3 is 0 Å². The van der Waals surface area contributed by atoms with Crippen LogP contribution in [0.1, 0.15) is 19.3 Å². The molecule has 36 valence electrons. The van der Waals surface area contributed by atoms with Crippen LogP contribution in [0.25, 0.3) is 0 Å². The molecule has 0 radical (unpaired) electrons. The van der Waals surface area contributed by atoms with Gasteiger partial charge in [-0.25, -0.2) is 0 Å². The van der Waals surface area contributed by atoms with Crippen LogP contribution in [-0.4, -0.2) is 8.44 Å². The first-order valence-corrected chi connectivity index (χ1v) is 5.16. The minimum atomic E-state index is 0.590. The number of rotatable bonds is 0. The van der Waals surface area contributed by atoms with Gasteiger partial charge in [0.25, 0.3) is 0 Å². The molecule has 0 bridgehead atoms. The second-order valence-electron chi connectivity index (χ2n) is 1.49. The van der Waals surface area contributed by atoms with Crippen molar-refractivity contribution in [2.45, 2.75) is 19.3 Å². The van der Waals surface area contributed by atoms with Crippen LogP contribution in [0.4, 0.5) is 0 Å². The van der Waals surface area contributed by atoms with Crippen molar-refractivity contribution in [2.75, 3.05) is 4.43 Å². The van der Waals surface area contributed by atoms with Gasteiger partial charge in [-0.15, -0.1) is 20.7 Å². The van der Waals surface area contributed by atoms with Crippen molar-refractivity contribution in [2.24, 2.45) is 0 Å². The largest absolute Gasteiger partial charge is 0.127 e. The van der Waals surface area contributed by atoms with Crippen molar-refractivity contribution in [3.8, 4) is 0 Å². The highest BCUT2D eigenvalue weighted by atomic mass is 127. The lowest BCUT2D eigenvalue weighted by molar-refractivity contribution is 0.862. The summed E-state index contributed by atoms with van der Waals surface area (Å²) in [7, 11) is 0. The summed E-state index contributed by atoms with van der Waals surface area (Å²) in [6.45, 7) is 0. The van der Waals surface area contributed by atoms with Crippen LogP contribution in [0.3, 0.4) is 0 Å². The van der Waals surface area contributed by atoms with E-state index in [-0.39, 0.29) is 0 Å². The first kappa shape index (κ1) is 4.75.